The fraction of sp³-hybridized carbons (Fsp3) is 0.267. The Kier molecular flexibility index (Phi) is 4.37. The van der Waals surface area contributed by atoms with E-state index < -0.39 is 0 Å². The van der Waals surface area contributed by atoms with Crippen molar-refractivity contribution < 1.29 is 9.59 Å². The molecule has 0 aliphatic rings. The normalized spacial score (nSPS) is 10.4. The topological polar surface area (TPSA) is 97.1 Å². The van der Waals surface area contributed by atoms with Crippen molar-refractivity contribution in [2.24, 2.45) is 0 Å². The summed E-state index contributed by atoms with van der Waals surface area (Å²) in [6.45, 7) is 4.08. The van der Waals surface area contributed by atoms with Crippen molar-refractivity contribution in [1.29, 1.82) is 0 Å². The summed E-state index contributed by atoms with van der Waals surface area (Å²) in [6, 6.07) is 5.54. The van der Waals surface area contributed by atoms with Gasteiger partial charge in [0.25, 0.3) is 5.91 Å². The Morgan fingerprint density at radius 1 is 1.19 bits per heavy atom. The lowest BCUT2D eigenvalue weighted by molar-refractivity contribution is -0.118. The average Bonchev–Trinajstić information content (AvgIpc) is 2.42. The molecule has 0 saturated carbocycles. The largest absolute Gasteiger partial charge is 0.398 e. The lowest BCUT2D eigenvalue weighted by Gasteiger charge is -2.09. The molecule has 0 atom stereocenters. The number of hydrogen-bond acceptors (Lipinski definition) is 4. The predicted molar refractivity (Wildman–Crippen MR) is 81.9 cm³/mol. The van der Waals surface area contributed by atoms with E-state index in [0.717, 1.165) is 16.3 Å². The van der Waals surface area contributed by atoms with Crippen LogP contribution in [0.5, 0.6) is 0 Å². The van der Waals surface area contributed by atoms with E-state index in [1.807, 2.05) is 19.1 Å². The number of hydrogen-bond donors (Lipinski definition) is 3. The first kappa shape index (κ1) is 14.8. The summed E-state index contributed by atoms with van der Waals surface area (Å²) in [5, 5.41) is 6.88. The highest BCUT2D eigenvalue weighted by molar-refractivity contribution is 6.08. The zero-order valence-electron chi connectivity index (χ0n) is 12.1. The van der Waals surface area contributed by atoms with E-state index in [9.17, 15) is 9.59 Å². The number of nitrogens with one attached hydrogen (secondary N) is 2. The summed E-state index contributed by atoms with van der Waals surface area (Å²) in [5.74, 6) is -0.410. The van der Waals surface area contributed by atoms with Crippen molar-refractivity contribution in [3.05, 3.63) is 35.7 Å². The minimum absolute atomic E-state index is 0.129. The Morgan fingerprint density at radius 3 is 2.62 bits per heavy atom. The molecule has 0 aliphatic heterocycles. The molecule has 0 fully saturated rings. The fourth-order valence-electron chi connectivity index (χ4n) is 2.14. The second-order valence-corrected chi connectivity index (χ2v) is 4.85. The lowest BCUT2D eigenvalue weighted by Crippen LogP contribution is -2.34. The minimum atomic E-state index is -0.282. The summed E-state index contributed by atoms with van der Waals surface area (Å²) >= 11 is 0. The summed E-state index contributed by atoms with van der Waals surface area (Å²) in [6.07, 6.45) is 1.57. The summed E-state index contributed by atoms with van der Waals surface area (Å²) in [7, 11) is 0. The standard InChI is InChI=1S/C15H18N4O2/c1-9-7-12-11(13(16)8-9)3-4-18-14(12)15(21)19-6-5-17-10(2)20/h3-4,7-8H,5-6,16H2,1-2H3,(H,17,20)(H,19,21). The van der Waals surface area contributed by atoms with Gasteiger partial charge in [-0.1, -0.05) is 0 Å². The van der Waals surface area contributed by atoms with Gasteiger partial charge < -0.3 is 16.4 Å². The monoisotopic (exact) mass is 286 g/mol. The number of fused-ring (bicyclic) bond motifs is 1. The molecule has 0 bridgehead atoms. The van der Waals surface area contributed by atoms with Gasteiger partial charge in [0.2, 0.25) is 5.91 Å². The minimum Gasteiger partial charge on any atom is -0.398 e. The van der Waals surface area contributed by atoms with E-state index >= 15 is 0 Å². The van der Waals surface area contributed by atoms with Crippen LogP contribution in [0.25, 0.3) is 10.8 Å². The molecule has 0 saturated heterocycles. The summed E-state index contributed by atoms with van der Waals surface area (Å²) in [5.41, 5.74) is 7.91. The number of nitrogens with zero attached hydrogens (tertiary/aromatic N) is 1. The van der Waals surface area contributed by atoms with E-state index in [4.69, 9.17) is 5.73 Å². The number of anilines is 1. The molecule has 2 amide bonds. The van der Waals surface area contributed by atoms with Crippen molar-refractivity contribution >= 4 is 28.3 Å². The second kappa shape index (κ2) is 6.21. The highest BCUT2D eigenvalue weighted by atomic mass is 16.2. The Bertz CT molecular complexity index is 697. The maximum absolute atomic E-state index is 12.2. The van der Waals surface area contributed by atoms with Gasteiger partial charge in [-0.3, -0.25) is 14.6 Å². The SMILES string of the molecule is CC(=O)NCCNC(=O)c1nccc2c(N)cc(C)cc12. The highest BCUT2D eigenvalue weighted by Crippen LogP contribution is 2.24. The number of aryl methyl sites for hydroxylation is 1. The van der Waals surface area contributed by atoms with Crippen LogP contribution in [-0.2, 0) is 4.79 Å². The molecule has 1 aromatic carbocycles. The van der Waals surface area contributed by atoms with Crippen LogP contribution >= 0.6 is 0 Å². The van der Waals surface area contributed by atoms with Gasteiger partial charge in [-0.2, -0.15) is 0 Å². The zero-order chi connectivity index (χ0) is 15.4. The first-order chi connectivity index (χ1) is 9.99. The molecule has 0 aliphatic carbocycles. The number of amides is 2. The molecule has 4 N–H and O–H groups in total. The number of nitrogens with two attached hydrogens (primary N) is 1. The highest BCUT2D eigenvalue weighted by Gasteiger charge is 2.12. The van der Waals surface area contributed by atoms with Crippen molar-refractivity contribution in [3.8, 4) is 0 Å². The van der Waals surface area contributed by atoms with Crippen LogP contribution in [-0.4, -0.2) is 29.9 Å². The number of nitrogen functional groups attached to an aromatic ring is 1. The number of rotatable bonds is 4. The molecule has 1 heterocycles. The van der Waals surface area contributed by atoms with E-state index in [-0.39, 0.29) is 11.8 Å². The van der Waals surface area contributed by atoms with Crippen LogP contribution in [0, 0.1) is 6.92 Å². The third kappa shape index (κ3) is 3.47. The van der Waals surface area contributed by atoms with Crippen LogP contribution in [0.1, 0.15) is 23.0 Å². The molecular formula is C15H18N4O2. The van der Waals surface area contributed by atoms with E-state index in [1.54, 1.807) is 12.3 Å². The van der Waals surface area contributed by atoms with Gasteiger partial charge in [0.1, 0.15) is 5.69 Å². The molecule has 1 aromatic heterocycles. The number of carbonyl (C=O) groups excluding carboxylic acids is 2. The predicted octanol–water partition coefficient (Wildman–Crippen LogP) is 0.991. The van der Waals surface area contributed by atoms with Gasteiger partial charge in [-0.15, -0.1) is 0 Å². The molecule has 0 spiro atoms. The molecule has 21 heavy (non-hydrogen) atoms. The Morgan fingerprint density at radius 2 is 1.90 bits per heavy atom. The molecule has 0 radical (unpaired) electrons. The van der Waals surface area contributed by atoms with Gasteiger partial charge in [-0.05, 0) is 30.7 Å². The number of pyridine rings is 1. The number of carbonyl (C=O) groups is 2. The fourth-order valence-corrected chi connectivity index (χ4v) is 2.14. The van der Waals surface area contributed by atoms with E-state index in [1.165, 1.54) is 6.92 Å². The quantitative estimate of drug-likeness (QED) is 0.577. The zero-order valence-corrected chi connectivity index (χ0v) is 12.1. The van der Waals surface area contributed by atoms with Crippen molar-refractivity contribution in [2.45, 2.75) is 13.8 Å². The molecule has 2 rings (SSSR count). The number of benzene rings is 1. The summed E-state index contributed by atoms with van der Waals surface area (Å²) < 4.78 is 0. The molecule has 6 heteroatoms. The average molecular weight is 286 g/mol. The van der Waals surface area contributed by atoms with E-state index in [0.29, 0.717) is 24.5 Å². The van der Waals surface area contributed by atoms with Gasteiger partial charge in [-0.25, -0.2) is 0 Å². The second-order valence-electron chi connectivity index (χ2n) is 4.85. The van der Waals surface area contributed by atoms with Crippen LogP contribution < -0.4 is 16.4 Å². The molecule has 0 unspecified atom stereocenters. The van der Waals surface area contributed by atoms with Gasteiger partial charge in [0, 0.05) is 42.7 Å². The Hall–Kier alpha value is -2.63. The molecule has 6 nitrogen and oxygen atoms in total. The van der Waals surface area contributed by atoms with Crippen LogP contribution in [0.15, 0.2) is 24.4 Å². The van der Waals surface area contributed by atoms with Gasteiger partial charge >= 0.3 is 0 Å². The van der Waals surface area contributed by atoms with Crippen LogP contribution in [0.4, 0.5) is 5.69 Å². The first-order valence-electron chi connectivity index (χ1n) is 6.66. The maximum atomic E-state index is 12.2. The van der Waals surface area contributed by atoms with Gasteiger partial charge in [0.05, 0.1) is 0 Å². The molecular weight excluding hydrogens is 268 g/mol. The van der Waals surface area contributed by atoms with Crippen molar-refractivity contribution in [1.82, 2.24) is 15.6 Å². The van der Waals surface area contributed by atoms with Gasteiger partial charge in [0.15, 0.2) is 0 Å². The van der Waals surface area contributed by atoms with Crippen molar-refractivity contribution in [2.75, 3.05) is 18.8 Å². The third-order valence-electron chi connectivity index (χ3n) is 3.06. The van der Waals surface area contributed by atoms with Crippen LogP contribution in [0.3, 0.4) is 0 Å². The lowest BCUT2D eigenvalue weighted by atomic mass is 10.0. The number of aromatic nitrogens is 1. The third-order valence-corrected chi connectivity index (χ3v) is 3.06. The first-order valence-corrected chi connectivity index (χ1v) is 6.66. The Balaban J connectivity index is 2.21. The van der Waals surface area contributed by atoms with E-state index in [2.05, 4.69) is 15.6 Å². The molecule has 2 aromatic rings. The van der Waals surface area contributed by atoms with Crippen LogP contribution in [0.2, 0.25) is 0 Å². The Labute approximate surface area is 122 Å². The molecule has 110 valence electrons. The summed E-state index contributed by atoms with van der Waals surface area (Å²) in [4.78, 5) is 27.1. The van der Waals surface area contributed by atoms with Crippen molar-refractivity contribution in [3.63, 3.8) is 0 Å². The maximum Gasteiger partial charge on any atom is 0.270 e. The smallest absolute Gasteiger partial charge is 0.270 e.